The van der Waals surface area contributed by atoms with Crippen LogP contribution in [0.25, 0.3) is 5.65 Å². The Balaban J connectivity index is 2.62. The smallest absolute Gasteiger partial charge is 0.290 e. The van der Waals surface area contributed by atoms with Gasteiger partial charge < -0.3 is 0 Å². The van der Waals surface area contributed by atoms with E-state index in [-0.39, 0.29) is 11.2 Å². The first-order valence-electron chi connectivity index (χ1n) is 4.36. The SMILES string of the molecule is NNC(=O)c1ccc2nnc(C(F)(F)F)n2c1. The van der Waals surface area contributed by atoms with E-state index < -0.39 is 17.9 Å². The van der Waals surface area contributed by atoms with Gasteiger partial charge in [0, 0.05) is 6.20 Å². The van der Waals surface area contributed by atoms with Gasteiger partial charge in [-0.15, -0.1) is 10.2 Å². The molecule has 0 radical (unpaired) electrons. The Morgan fingerprint density at radius 2 is 2.06 bits per heavy atom. The summed E-state index contributed by atoms with van der Waals surface area (Å²) in [5.41, 5.74) is 1.79. The van der Waals surface area contributed by atoms with E-state index in [9.17, 15) is 18.0 Å². The average Bonchev–Trinajstić information content (AvgIpc) is 2.70. The van der Waals surface area contributed by atoms with Crippen molar-refractivity contribution in [2.24, 2.45) is 5.84 Å². The van der Waals surface area contributed by atoms with Crippen LogP contribution in [0.15, 0.2) is 18.3 Å². The number of carbonyl (C=O) groups excluding carboxylic acids is 1. The van der Waals surface area contributed by atoms with Gasteiger partial charge in [0.05, 0.1) is 5.56 Å². The summed E-state index contributed by atoms with van der Waals surface area (Å²) in [6.45, 7) is 0. The lowest BCUT2D eigenvalue weighted by Crippen LogP contribution is -2.30. The van der Waals surface area contributed by atoms with Gasteiger partial charge in [0.2, 0.25) is 5.82 Å². The van der Waals surface area contributed by atoms with Crippen molar-refractivity contribution >= 4 is 11.6 Å². The van der Waals surface area contributed by atoms with Crippen molar-refractivity contribution in [3.8, 4) is 0 Å². The number of halogens is 3. The largest absolute Gasteiger partial charge is 0.452 e. The Morgan fingerprint density at radius 1 is 1.35 bits per heavy atom. The fraction of sp³-hybridized carbons (Fsp3) is 0.125. The lowest BCUT2D eigenvalue weighted by molar-refractivity contribution is -0.145. The van der Waals surface area contributed by atoms with Crippen molar-refractivity contribution in [3.05, 3.63) is 29.7 Å². The molecule has 0 atom stereocenters. The lowest BCUT2D eigenvalue weighted by Gasteiger charge is -2.05. The molecule has 0 saturated carbocycles. The molecule has 0 aliphatic heterocycles. The topological polar surface area (TPSA) is 85.3 Å². The Hall–Kier alpha value is -2.16. The monoisotopic (exact) mass is 245 g/mol. The second-order valence-corrected chi connectivity index (χ2v) is 3.14. The molecule has 0 unspecified atom stereocenters. The van der Waals surface area contributed by atoms with Gasteiger partial charge in [0.15, 0.2) is 5.65 Å². The molecule has 90 valence electrons. The average molecular weight is 245 g/mol. The number of hydrogen-bond donors (Lipinski definition) is 2. The van der Waals surface area contributed by atoms with Crippen molar-refractivity contribution < 1.29 is 18.0 Å². The summed E-state index contributed by atoms with van der Waals surface area (Å²) in [6.07, 6.45) is -3.67. The maximum atomic E-state index is 12.5. The van der Waals surface area contributed by atoms with Crippen molar-refractivity contribution in [1.29, 1.82) is 0 Å². The van der Waals surface area contributed by atoms with Gasteiger partial charge in [-0.25, -0.2) is 5.84 Å². The number of hydrazine groups is 1. The molecule has 3 N–H and O–H groups in total. The Labute approximate surface area is 92.2 Å². The Morgan fingerprint density at radius 3 is 2.65 bits per heavy atom. The van der Waals surface area contributed by atoms with Gasteiger partial charge in [0.1, 0.15) is 0 Å². The van der Waals surface area contributed by atoms with Crippen LogP contribution in [0.1, 0.15) is 16.2 Å². The zero-order valence-electron chi connectivity index (χ0n) is 8.19. The van der Waals surface area contributed by atoms with Crippen molar-refractivity contribution in [2.75, 3.05) is 0 Å². The van der Waals surface area contributed by atoms with Crippen LogP contribution in [-0.4, -0.2) is 20.5 Å². The Bertz CT molecular complexity index is 576. The molecular formula is C8H6F3N5O. The third kappa shape index (κ3) is 1.91. The zero-order valence-corrected chi connectivity index (χ0v) is 8.19. The highest BCUT2D eigenvalue weighted by Crippen LogP contribution is 2.27. The van der Waals surface area contributed by atoms with Crippen LogP contribution in [0.5, 0.6) is 0 Å². The summed E-state index contributed by atoms with van der Waals surface area (Å²) in [5, 5.41) is 6.36. The van der Waals surface area contributed by atoms with Crippen molar-refractivity contribution in [1.82, 2.24) is 20.0 Å². The van der Waals surface area contributed by atoms with E-state index in [1.165, 1.54) is 12.1 Å². The summed E-state index contributed by atoms with van der Waals surface area (Å²) in [4.78, 5) is 11.2. The molecule has 0 aliphatic carbocycles. The number of nitrogen functional groups attached to an aromatic ring is 1. The number of amides is 1. The minimum absolute atomic E-state index is 0.00843. The number of nitrogens with one attached hydrogen (secondary N) is 1. The van der Waals surface area contributed by atoms with E-state index in [0.717, 1.165) is 6.20 Å². The highest BCUT2D eigenvalue weighted by atomic mass is 19.4. The molecule has 6 nitrogen and oxygen atoms in total. The van der Waals surface area contributed by atoms with Crippen LogP contribution in [0, 0.1) is 0 Å². The number of rotatable bonds is 1. The third-order valence-corrected chi connectivity index (χ3v) is 2.05. The molecule has 2 aromatic heterocycles. The van der Waals surface area contributed by atoms with Gasteiger partial charge in [0.25, 0.3) is 5.91 Å². The predicted molar refractivity (Wildman–Crippen MR) is 49.6 cm³/mol. The lowest BCUT2D eigenvalue weighted by atomic mass is 10.2. The first-order chi connectivity index (χ1) is 7.93. The van der Waals surface area contributed by atoms with E-state index >= 15 is 0 Å². The predicted octanol–water partition coefficient (Wildman–Crippen LogP) is 0.352. The molecule has 2 rings (SSSR count). The second-order valence-electron chi connectivity index (χ2n) is 3.14. The highest BCUT2D eigenvalue weighted by Gasteiger charge is 2.36. The van der Waals surface area contributed by atoms with Crippen molar-refractivity contribution in [3.63, 3.8) is 0 Å². The number of carbonyl (C=O) groups is 1. The number of fused-ring (bicyclic) bond motifs is 1. The fourth-order valence-electron chi connectivity index (χ4n) is 1.30. The van der Waals surface area contributed by atoms with Crippen LogP contribution in [0.4, 0.5) is 13.2 Å². The van der Waals surface area contributed by atoms with E-state index in [4.69, 9.17) is 5.84 Å². The number of hydrogen-bond acceptors (Lipinski definition) is 4. The van der Waals surface area contributed by atoms with E-state index in [2.05, 4.69) is 10.2 Å². The molecule has 1 amide bonds. The Kier molecular flexibility index (Phi) is 2.46. The van der Waals surface area contributed by atoms with Gasteiger partial charge in [-0.3, -0.25) is 14.6 Å². The first kappa shape index (κ1) is 11.3. The normalized spacial score (nSPS) is 11.8. The summed E-state index contributed by atoms with van der Waals surface area (Å²) >= 11 is 0. The number of aromatic nitrogens is 3. The molecule has 0 saturated heterocycles. The first-order valence-corrected chi connectivity index (χ1v) is 4.36. The molecule has 0 spiro atoms. The molecule has 9 heteroatoms. The zero-order chi connectivity index (χ0) is 12.6. The summed E-state index contributed by atoms with van der Waals surface area (Å²) in [5.74, 6) is 2.99. The van der Waals surface area contributed by atoms with Gasteiger partial charge >= 0.3 is 6.18 Å². The van der Waals surface area contributed by atoms with Crippen LogP contribution >= 0.6 is 0 Å². The molecule has 2 heterocycles. The fourth-order valence-corrected chi connectivity index (χ4v) is 1.30. The second kappa shape index (κ2) is 3.70. The van der Waals surface area contributed by atoms with E-state index in [0.29, 0.717) is 4.40 Å². The van der Waals surface area contributed by atoms with Gasteiger partial charge in [-0.2, -0.15) is 13.2 Å². The van der Waals surface area contributed by atoms with Crippen LogP contribution in [0.3, 0.4) is 0 Å². The summed E-state index contributed by atoms with van der Waals surface area (Å²) in [6, 6.07) is 2.54. The molecule has 0 fully saturated rings. The van der Waals surface area contributed by atoms with E-state index in [1.807, 2.05) is 5.43 Å². The molecule has 0 aromatic carbocycles. The van der Waals surface area contributed by atoms with Gasteiger partial charge in [-0.05, 0) is 12.1 Å². The van der Waals surface area contributed by atoms with Crippen LogP contribution in [0.2, 0.25) is 0 Å². The van der Waals surface area contributed by atoms with Crippen LogP contribution < -0.4 is 11.3 Å². The van der Waals surface area contributed by atoms with Crippen LogP contribution in [-0.2, 0) is 6.18 Å². The molecule has 0 bridgehead atoms. The standard InChI is InChI=1S/C8H6F3N5O/c9-8(10,11)7-15-14-5-2-1-4(3-16(5)7)6(17)13-12/h1-3H,12H2,(H,13,17). The quantitative estimate of drug-likeness (QED) is 0.431. The maximum Gasteiger partial charge on any atom is 0.452 e. The molecule has 0 aliphatic rings. The molecular weight excluding hydrogens is 239 g/mol. The molecule has 2 aromatic rings. The summed E-state index contributed by atoms with van der Waals surface area (Å²) < 4.78 is 38.2. The number of nitrogens with zero attached hydrogens (tertiary/aromatic N) is 3. The number of alkyl halides is 3. The van der Waals surface area contributed by atoms with E-state index in [1.54, 1.807) is 0 Å². The summed E-state index contributed by atoms with van der Waals surface area (Å²) in [7, 11) is 0. The molecule has 17 heavy (non-hydrogen) atoms. The number of nitrogens with two attached hydrogens (primary N) is 1. The number of pyridine rings is 1. The van der Waals surface area contributed by atoms with Gasteiger partial charge in [-0.1, -0.05) is 0 Å². The minimum atomic E-state index is -4.64. The maximum absolute atomic E-state index is 12.5. The van der Waals surface area contributed by atoms with Crippen molar-refractivity contribution in [2.45, 2.75) is 6.18 Å². The highest BCUT2D eigenvalue weighted by molar-refractivity contribution is 5.93. The minimum Gasteiger partial charge on any atom is -0.290 e. The third-order valence-electron chi connectivity index (χ3n) is 2.05.